The molecule has 0 unspecified atom stereocenters. The van der Waals surface area contributed by atoms with Gasteiger partial charge in [0.2, 0.25) is 0 Å². The number of hydrogen-bond donors (Lipinski definition) is 1. The third-order valence-electron chi connectivity index (χ3n) is 2.96. The zero-order chi connectivity index (χ0) is 13.1. The molecule has 1 aromatic rings. The summed E-state index contributed by atoms with van der Waals surface area (Å²) in [4.78, 5) is 9.18. The lowest BCUT2D eigenvalue weighted by atomic mass is 9.90. The van der Waals surface area contributed by atoms with Crippen molar-refractivity contribution >= 4 is 0 Å². The van der Waals surface area contributed by atoms with E-state index in [-0.39, 0.29) is 0 Å². The first-order valence-corrected chi connectivity index (χ1v) is 6.36. The minimum atomic E-state index is 0.334. The lowest BCUT2D eigenvalue weighted by Crippen LogP contribution is -2.12. The van der Waals surface area contributed by atoms with Gasteiger partial charge in [-0.25, -0.2) is 9.97 Å². The molecule has 1 heterocycles. The van der Waals surface area contributed by atoms with E-state index >= 15 is 0 Å². The Morgan fingerprint density at radius 1 is 1.00 bits per heavy atom. The van der Waals surface area contributed by atoms with Crippen molar-refractivity contribution in [3.63, 3.8) is 0 Å². The minimum Gasteiger partial charge on any atom is -0.330 e. The SMILES string of the molecule is Cc1nc(CCC(C)(C)C)nc(C)c1CCN. The summed E-state index contributed by atoms with van der Waals surface area (Å²) in [6.07, 6.45) is 2.94. The molecule has 3 heteroatoms. The number of aryl methyl sites for hydroxylation is 3. The van der Waals surface area contributed by atoms with Crippen LogP contribution >= 0.6 is 0 Å². The monoisotopic (exact) mass is 235 g/mol. The van der Waals surface area contributed by atoms with Gasteiger partial charge in [0.15, 0.2) is 0 Å². The molecule has 0 bridgehead atoms. The highest BCUT2D eigenvalue weighted by molar-refractivity contribution is 5.24. The van der Waals surface area contributed by atoms with Gasteiger partial charge in [0.1, 0.15) is 5.82 Å². The Kier molecular flexibility index (Phi) is 4.63. The first-order chi connectivity index (χ1) is 7.83. The highest BCUT2D eigenvalue weighted by Crippen LogP contribution is 2.21. The fraction of sp³-hybridized carbons (Fsp3) is 0.714. The lowest BCUT2D eigenvalue weighted by Gasteiger charge is -2.18. The number of aromatic nitrogens is 2. The molecule has 0 aliphatic carbocycles. The number of nitrogens with zero attached hydrogens (tertiary/aromatic N) is 2. The Morgan fingerprint density at radius 2 is 1.53 bits per heavy atom. The first kappa shape index (κ1) is 14.1. The van der Waals surface area contributed by atoms with Crippen LogP contribution in [0.2, 0.25) is 0 Å². The zero-order valence-corrected chi connectivity index (χ0v) is 11.8. The molecule has 0 aliphatic heterocycles. The van der Waals surface area contributed by atoms with Gasteiger partial charge < -0.3 is 5.73 Å². The Morgan fingerprint density at radius 3 is 1.94 bits per heavy atom. The smallest absolute Gasteiger partial charge is 0.128 e. The van der Waals surface area contributed by atoms with Gasteiger partial charge in [-0.3, -0.25) is 0 Å². The molecule has 0 fully saturated rings. The van der Waals surface area contributed by atoms with Crippen molar-refractivity contribution in [3.8, 4) is 0 Å². The van der Waals surface area contributed by atoms with E-state index < -0.39 is 0 Å². The van der Waals surface area contributed by atoms with Crippen molar-refractivity contribution in [1.29, 1.82) is 0 Å². The minimum absolute atomic E-state index is 0.334. The molecule has 0 aromatic carbocycles. The second-order valence-corrected chi connectivity index (χ2v) is 5.89. The van der Waals surface area contributed by atoms with Crippen LogP contribution in [0, 0.1) is 19.3 Å². The van der Waals surface area contributed by atoms with Crippen LogP contribution in [-0.2, 0) is 12.8 Å². The zero-order valence-electron chi connectivity index (χ0n) is 11.8. The molecule has 0 spiro atoms. The van der Waals surface area contributed by atoms with E-state index in [9.17, 15) is 0 Å². The molecule has 2 N–H and O–H groups in total. The van der Waals surface area contributed by atoms with E-state index in [0.717, 1.165) is 36.5 Å². The van der Waals surface area contributed by atoms with Crippen LogP contribution in [-0.4, -0.2) is 16.5 Å². The van der Waals surface area contributed by atoms with Gasteiger partial charge in [-0.05, 0) is 44.2 Å². The summed E-state index contributed by atoms with van der Waals surface area (Å²) in [5, 5.41) is 0. The highest BCUT2D eigenvalue weighted by atomic mass is 14.9. The van der Waals surface area contributed by atoms with Crippen molar-refractivity contribution in [2.75, 3.05) is 6.54 Å². The summed E-state index contributed by atoms with van der Waals surface area (Å²) < 4.78 is 0. The fourth-order valence-corrected chi connectivity index (χ4v) is 1.91. The average molecular weight is 235 g/mol. The molecule has 3 nitrogen and oxygen atoms in total. The summed E-state index contributed by atoms with van der Waals surface area (Å²) in [6.45, 7) is 11.5. The molecule has 0 amide bonds. The third kappa shape index (κ3) is 4.43. The van der Waals surface area contributed by atoms with Crippen molar-refractivity contribution in [2.45, 2.75) is 53.9 Å². The largest absolute Gasteiger partial charge is 0.330 e. The Bertz CT molecular complexity index is 355. The Balaban J connectivity index is 2.83. The van der Waals surface area contributed by atoms with Gasteiger partial charge in [-0.15, -0.1) is 0 Å². The van der Waals surface area contributed by atoms with Crippen LogP contribution in [0.15, 0.2) is 0 Å². The summed E-state index contributed by atoms with van der Waals surface area (Å²) in [7, 11) is 0. The van der Waals surface area contributed by atoms with Crippen LogP contribution in [0.3, 0.4) is 0 Å². The van der Waals surface area contributed by atoms with Gasteiger partial charge in [0.25, 0.3) is 0 Å². The van der Waals surface area contributed by atoms with E-state index in [1.54, 1.807) is 0 Å². The lowest BCUT2D eigenvalue weighted by molar-refractivity contribution is 0.374. The van der Waals surface area contributed by atoms with Gasteiger partial charge in [-0.1, -0.05) is 20.8 Å². The summed E-state index contributed by atoms with van der Waals surface area (Å²) in [5.41, 5.74) is 9.33. The van der Waals surface area contributed by atoms with Gasteiger partial charge in [0.05, 0.1) is 0 Å². The van der Waals surface area contributed by atoms with Gasteiger partial charge in [-0.2, -0.15) is 0 Å². The standard InChI is InChI=1S/C14H25N3/c1-10-12(7-9-15)11(2)17-13(16-10)6-8-14(3,4)5/h6-9,15H2,1-5H3. The second-order valence-electron chi connectivity index (χ2n) is 5.89. The maximum atomic E-state index is 5.60. The third-order valence-corrected chi connectivity index (χ3v) is 2.96. The molecule has 0 saturated heterocycles. The van der Waals surface area contributed by atoms with E-state index in [1.807, 2.05) is 0 Å². The molecule has 96 valence electrons. The van der Waals surface area contributed by atoms with Crippen LogP contribution in [0.5, 0.6) is 0 Å². The van der Waals surface area contributed by atoms with Crippen LogP contribution in [0.1, 0.15) is 50.0 Å². The molecular formula is C14H25N3. The van der Waals surface area contributed by atoms with E-state index in [0.29, 0.717) is 12.0 Å². The summed E-state index contributed by atoms with van der Waals surface area (Å²) in [5.74, 6) is 0.968. The molecule has 0 atom stereocenters. The number of hydrogen-bond acceptors (Lipinski definition) is 3. The van der Waals surface area contributed by atoms with Crippen LogP contribution < -0.4 is 5.73 Å². The van der Waals surface area contributed by atoms with Gasteiger partial charge in [0, 0.05) is 17.8 Å². The predicted octanol–water partition coefficient (Wildman–Crippen LogP) is 2.57. The number of nitrogens with two attached hydrogens (primary N) is 1. The molecule has 1 rings (SSSR count). The van der Waals surface area contributed by atoms with Gasteiger partial charge >= 0.3 is 0 Å². The average Bonchev–Trinajstić information content (AvgIpc) is 2.19. The topological polar surface area (TPSA) is 51.8 Å². The highest BCUT2D eigenvalue weighted by Gasteiger charge is 2.13. The second kappa shape index (κ2) is 5.58. The summed E-state index contributed by atoms with van der Waals surface area (Å²) >= 11 is 0. The van der Waals surface area contributed by atoms with Crippen LogP contribution in [0.25, 0.3) is 0 Å². The van der Waals surface area contributed by atoms with Crippen molar-refractivity contribution in [2.24, 2.45) is 11.1 Å². The predicted molar refractivity (Wildman–Crippen MR) is 72.0 cm³/mol. The molecule has 0 radical (unpaired) electrons. The fourth-order valence-electron chi connectivity index (χ4n) is 1.91. The van der Waals surface area contributed by atoms with E-state index in [4.69, 9.17) is 5.73 Å². The van der Waals surface area contributed by atoms with Crippen molar-refractivity contribution in [3.05, 3.63) is 22.8 Å². The molecule has 0 saturated carbocycles. The Hall–Kier alpha value is -0.960. The number of rotatable bonds is 4. The maximum Gasteiger partial charge on any atom is 0.128 e. The quantitative estimate of drug-likeness (QED) is 0.872. The summed E-state index contributed by atoms with van der Waals surface area (Å²) in [6, 6.07) is 0. The first-order valence-electron chi connectivity index (χ1n) is 6.36. The van der Waals surface area contributed by atoms with Crippen molar-refractivity contribution < 1.29 is 0 Å². The van der Waals surface area contributed by atoms with E-state index in [2.05, 4.69) is 44.6 Å². The normalized spacial score (nSPS) is 11.9. The molecular weight excluding hydrogens is 210 g/mol. The van der Waals surface area contributed by atoms with E-state index in [1.165, 1.54) is 5.56 Å². The maximum absolute atomic E-state index is 5.60. The molecule has 1 aromatic heterocycles. The van der Waals surface area contributed by atoms with Crippen molar-refractivity contribution in [1.82, 2.24) is 9.97 Å². The molecule has 17 heavy (non-hydrogen) atoms. The Labute approximate surface area is 105 Å². The van der Waals surface area contributed by atoms with Crippen LogP contribution in [0.4, 0.5) is 0 Å². The molecule has 0 aliphatic rings.